The number of para-hydroxylation sites is 1. The first-order valence-corrected chi connectivity index (χ1v) is 16.2. The van der Waals surface area contributed by atoms with Gasteiger partial charge in [0.25, 0.3) is 0 Å². The van der Waals surface area contributed by atoms with Crippen LogP contribution in [-0.4, -0.2) is 48.9 Å². The van der Waals surface area contributed by atoms with Crippen LogP contribution in [0.15, 0.2) is 103 Å². The fraction of sp³-hybridized carbons (Fsp3) is 0.314. The van der Waals surface area contributed by atoms with Crippen LogP contribution in [0.4, 0.5) is 0 Å². The Hall–Kier alpha value is -3.57. The summed E-state index contributed by atoms with van der Waals surface area (Å²) in [6, 6.07) is 33.6. The first-order valence-electron chi connectivity index (χ1n) is 14.8. The normalized spacial score (nSPS) is 25.2. The lowest BCUT2D eigenvalue weighted by molar-refractivity contribution is -0.182. The highest BCUT2D eigenvalue weighted by Gasteiger charge is 2.54. The third-order valence-corrected chi connectivity index (χ3v) is 11.8. The third-order valence-electron chi connectivity index (χ3n) is 8.44. The zero-order chi connectivity index (χ0) is 28.9. The maximum Gasteiger partial charge on any atom is 0.170 e. The molecule has 214 valence electrons. The van der Waals surface area contributed by atoms with Gasteiger partial charge in [0.05, 0.1) is 30.0 Å². The average molecular weight is 577 g/mol. The van der Waals surface area contributed by atoms with Gasteiger partial charge < -0.3 is 9.47 Å². The van der Waals surface area contributed by atoms with Gasteiger partial charge in [-0.1, -0.05) is 99.6 Å². The first-order chi connectivity index (χ1) is 20.4. The lowest BCUT2D eigenvalue weighted by atomic mass is 9.96. The van der Waals surface area contributed by atoms with Crippen molar-refractivity contribution in [1.82, 2.24) is 19.6 Å². The van der Waals surface area contributed by atoms with E-state index >= 15 is 0 Å². The summed E-state index contributed by atoms with van der Waals surface area (Å²) in [6.45, 7) is 9.91. The van der Waals surface area contributed by atoms with Gasteiger partial charge in [0.1, 0.15) is 17.1 Å². The van der Waals surface area contributed by atoms with E-state index in [1.807, 2.05) is 18.3 Å². The molecular weight excluding hydrogens is 539 g/mol. The zero-order valence-electron chi connectivity index (χ0n) is 24.6. The molecule has 0 radical (unpaired) electrons. The topological polar surface area (TPSA) is 54.1 Å². The van der Waals surface area contributed by atoms with Crippen molar-refractivity contribution in [2.75, 3.05) is 6.61 Å². The highest BCUT2D eigenvalue weighted by atomic mass is 31.1. The highest BCUT2D eigenvalue weighted by molar-refractivity contribution is 7.67. The quantitative estimate of drug-likeness (QED) is 0.202. The monoisotopic (exact) mass is 576 g/mol. The van der Waals surface area contributed by atoms with Crippen LogP contribution >= 0.6 is 7.92 Å². The fourth-order valence-electron chi connectivity index (χ4n) is 7.06. The molecule has 4 atom stereocenters. The lowest BCUT2D eigenvalue weighted by Crippen LogP contribution is -2.49. The second-order valence-corrected chi connectivity index (χ2v) is 15.5. The summed E-state index contributed by atoms with van der Waals surface area (Å²) in [5.41, 5.74) is 7.74. The van der Waals surface area contributed by atoms with Crippen molar-refractivity contribution in [2.45, 2.75) is 63.2 Å². The molecule has 2 aromatic heterocycles. The molecule has 2 saturated heterocycles. The van der Waals surface area contributed by atoms with E-state index in [-0.39, 0.29) is 11.3 Å². The van der Waals surface area contributed by atoms with Crippen molar-refractivity contribution in [3.05, 3.63) is 103 Å². The standard InChI is InChI=1S/C35H37N4O2P/c1-25-23-40-35(41-25)22-26(2)42(34(3,4)24-35)30-20-21-36-39(30)33-31(27-14-8-5-9-15-27)37-38(29-18-12-7-13-19-29)32(33)28-16-10-6-11-17-28/h5-21,25-26H,22-24H2,1-4H3. The first kappa shape index (κ1) is 27.3. The van der Waals surface area contributed by atoms with Crippen molar-refractivity contribution in [3.8, 4) is 33.9 Å². The zero-order valence-corrected chi connectivity index (χ0v) is 25.5. The van der Waals surface area contributed by atoms with Crippen LogP contribution in [0.3, 0.4) is 0 Å². The van der Waals surface area contributed by atoms with Crippen LogP contribution in [0, 0.1) is 0 Å². The van der Waals surface area contributed by atoms with Gasteiger partial charge in [0, 0.05) is 24.0 Å². The molecule has 5 aromatic rings. The molecule has 2 fully saturated rings. The van der Waals surface area contributed by atoms with E-state index in [0.717, 1.165) is 46.7 Å². The van der Waals surface area contributed by atoms with Gasteiger partial charge >= 0.3 is 0 Å². The smallest absolute Gasteiger partial charge is 0.170 e. The predicted molar refractivity (Wildman–Crippen MR) is 170 cm³/mol. The Morgan fingerprint density at radius 3 is 2.07 bits per heavy atom. The molecule has 7 rings (SSSR count). The summed E-state index contributed by atoms with van der Waals surface area (Å²) in [7, 11) is -0.639. The molecule has 4 unspecified atom stereocenters. The molecule has 3 aromatic carbocycles. The Bertz CT molecular complexity index is 1680. The minimum absolute atomic E-state index is 0.0237. The van der Waals surface area contributed by atoms with E-state index in [1.54, 1.807) is 0 Å². The molecule has 0 amide bonds. The molecule has 1 spiro atoms. The number of hydrogen-bond acceptors (Lipinski definition) is 4. The van der Waals surface area contributed by atoms with Gasteiger partial charge in [0.2, 0.25) is 0 Å². The van der Waals surface area contributed by atoms with Crippen LogP contribution in [-0.2, 0) is 9.47 Å². The second-order valence-electron chi connectivity index (χ2n) is 12.2. The number of aromatic nitrogens is 4. The maximum atomic E-state index is 6.43. The van der Waals surface area contributed by atoms with E-state index in [4.69, 9.17) is 19.7 Å². The Morgan fingerprint density at radius 2 is 1.45 bits per heavy atom. The van der Waals surface area contributed by atoms with Crippen LogP contribution in [0.25, 0.3) is 33.9 Å². The number of hydrogen-bond donors (Lipinski definition) is 0. The average Bonchev–Trinajstić information content (AvgIpc) is 3.70. The van der Waals surface area contributed by atoms with Gasteiger partial charge in [-0.15, -0.1) is 0 Å². The van der Waals surface area contributed by atoms with Crippen LogP contribution in [0.5, 0.6) is 0 Å². The molecule has 2 aliphatic rings. The lowest BCUT2D eigenvalue weighted by Gasteiger charge is -2.50. The molecule has 2 aliphatic heterocycles. The molecule has 0 bridgehead atoms. The SMILES string of the molecule is CC1COC2(CC(C)P(c3ccnn3-c3c(-c4ccccc4)nn(-c4ccccc4)c3-c3ccccc3)C(C)(C)C2)O1. The maximum absolute atomic E-state index is 6.43. The Morgan fingerprint density at radius 1 is 0.810 bits per heavy atom. The summed E-state index contributed by atoms with van der Waals surface area (Å²) in [4.78, 5) is 0. The number of ether oxygens (including phenoxy) is 2. The Balaban J connectivity index is 1.45. The minimum Gasteiger partial charge on any atom is -0.347 e. The van der Waals surface area contributed by atoms with E-state index in [9.17, 15) is 0 Å². The third kappa shape index (κ3) is 4.72. The van der Waals surface area contributed by atoms with E-state index in [0.29, 0.717) is 12.3 Å². The van der Waals surface area contributed by atoms with E-state index in [2.05, 4.69) is 122 Å². The van der Waals surface area contributed by atoms with Gasteiger partial charge in [0.15, 0.2) is 5.79 Å². The molecule has 4 heterocycles. The molecule has 6 nitrogen and oxygen atoms in total. The van der Waals surface area contributed by atoms with Crippen LogP contribution < -0.4 is 5.44 Å². The second kappa shape index (κ2) is 10.6. The van der Waals surface area contributed by atoms with Crippen LogP contribution in [0.1, 0.15) is 40.5 Å². The van der Waals surface area contributed by atoms with Crippen molar-refractivity contribution in [1.29, 1.82) is 0 Å². The summed E-state index contributed by atoms with van der Waals surface area (Å²) >= 11 is 0. The van der Waals surface area contributed by atoms with Crippen molar-refractivity contribution >= 4 is 13.4 Å². The summed E-state index contributed by atoms with van der Waals surface area (Å²) < 4.78 is 17.0. The summed E-state index contributed by atoms with van der Waals surface area (Å²) in [5.74, 6) is -0.491. The summed E-state index contributed by atoms with van der Waals surface area (Å²) in [5, 5.41) is 10.3. The molecule has 7 heteroatoms. The van der Waals surface area contributed by atoms with E-state index < -0.39 is 13.7 Å². The Kier molecular flexibility index (Phi) is 6.89. The van der Waals surface area contributed by atoms with Crippen molar-refractivity contribution in [3.63, 3.8) is 0 Å². The van der Waals surface area contributed by atoms with Gasteiger partial charge in [-0.2, -0.15) is 10.2 Å². The van der Waals surface area contributed by atoms with Gasteiger partial charge in [-0.3, -0.25) is 0 Å². The largest absolute Gasteiger partial charge is 0.347 e. The van der Waals surface area contributed by atoms with Gasteiger partial charge in [-0.05, 0) is 43.9 Å². The molecule has 0 aliphatic carbocycles. The molecule has 0 N–H and O–H groups in total. The summed E-state index contributed by atoms with van der Waals surface area (Å²) in [6.07, 6.45) is 3.84. The van der Waals surface area contributed by atoms with Gasteiger partial charge in [-0.25, -0.2) is 9.36 Å². The van der Waals surface area contributed by atoms with Crippen LogP contribution in [0.2, 0.25) is 0 Å². The predicted octanol–water partition coefficient (Wildman–Crippen LogP) is 7.59. The van der Waals surface area contributed by atoms with Crippen molar-refractivity contribution < 1.29 is 9.47 Å². The number of nitrogens with zero attached hydrogens (tertiary/aromatic N) is 4. The minimum atomic E-state index is -0.639. The Labute approximate surface area is 249 Å². The molecule has 0 saturated carbocycles. The van der Waals surface area contributed by atoms with Crippen molar-refractivity contribution in [2.24, 2.45) is 0 Å². The molecule has 42 heavy (non-hydrogen) atoms. The highest BCUT2D eigenvalue weighted by Crippen LogP contribution is 2.63. The number of benzene rings is 3. The number of rotatable bonds is 5. The fourth-order valence-corrected chi connectivity index (χ4v) is 10.8. The molecular formula is C35H37N4O2P. The van der Waals surface area contributed by atoms with E-state index in [1.165, 1.54) is 5.44 Å².